The van der Waals surface area contributed by atoms with Gasteiger partial charge in [-0.25, -0.2) is 0 Å². The summed E-state index contributed by atoms with van der Waals surface area (Å²) in [6, 6.07) is 0. The van der Waals surface area contributed by atoms with Crippen LogP contribution < -0.4 is 0 Å². The Hall–Kier alpha value is -0.800. The average Bonchev–Trinajstić information content (AvgIpc) is 2.98. The molecular formula is C15H23NO2. The second-order valence-electron chi connectivity index (χ2n) is 5.66. The fourth-order valence-electron chi connectivity index (χ4n) is 3.19. The van der Waals surface area contributed by atoms with E-state index in [1.807, 2.05) is 0 Å². The van der Waals surface area contributed by atoms with Gasteiger partial charge < -0.3 is 14.4 Å². The van der Waals surface area contributed by atoms with Gasteiger partial charge in [0, 0.05) is 31.1 Å². The van der Waals surface area contributed by atoms with Crippen LogP contribution in [0.2, 0.25) is 0 Å². The first-order valence-electron chi connectivity index (χ1n) is 7.31. The SMILES string of the molecule is OC1CCCCc2cn(CCC3CCCO3)cc21. The fraction of sp³-hybridized carbons (Fsp3) is 0.733. The Morgan fingerprint density at radius 1 is 1.22 bits per heavy atom. The van der Waals surface area contributed by atoms with Gasteiger partial charge in [-0.05, 0) is 44.1 Å². The summed E-state index contributed by atoms with van der Waals surface area (Å²) in [5.41, 5.74) is 2.52. The molecular weight excluding hydrogens is 226 g/mol. The summed E-state index contributed by atoms with van der Waals surface area (Å²) in [6.07, 6.45) is 12.5. The predicted molar refractivity (Wildman–Crippen MR) is 70.5 cm³/mol. The second-order valence-corrected chi connectivity index (χ2v) is 5.66. The van der Waals surface area contributed by atoms with Crippen LogP contribution in [0.25, 0.3) is 0 Å². The van der Waals surface area contributed by atoms with Gasteiger partial charge >= 0.3 is 0 Å². The fourth-order valence-corrected chi connectivity index (χ4v) is 3.19. The Morgan fingerprint density at radius 3 is 3.00 bits per heavy atom. The number of aryl methyl sites for hydroxylation is 2. The van der Waals surface area contributed by atoms with Crippen molar-refractivity contribution in [1.29, 1.82) is 0 Å². The third-order valence-electron chi connectivity index (χ3n) is 4.26. The van der Waals surface area contributed by atoms with Gasteiger partial charge in [0.25, 0.3) is 0 Å². The van der Waals surface area contributed by atoms with E-state index in [1.165, 1.54) is 30.4 Å². The molecule has 3 heteroatoms. The lowest BCUT2D eigenvalue weighted by Crippen LogP contribution is -2.09. The lowest BCUT2D eigenvalue weighted by atomic mass is 10.1. The Labute approximate surface area is 109 Å². The molecule has 0 amide bonds. The summed E-state index contributed by atoms with van der Waals surface area (Å²) in [4.78, 5) is 0. The molecule has 1 aromatic rings. The highest BCUT2D eigenvalue weighted by atomic mass is 16.5. The maximum Gasteiger partial charge on any atom is 0.0807 e. The molecule has 0 saturated carbocycles. The molecule has 2 heterocycles. The van der Waals surface area contributed by atoms with Crippen molar-refractivity contribution in [3.63, 3.8) is 0 Å². The lowest BCUT2D eigenvalue weighted by Gasteiger charge is -2.10. The van der Waals surface area contributed by atoms with Crippen LogP contribution in [0.15, 0.2) is 12.4 Å². The summed E-state index contributed by atoms with van der Waals surface area (Å²) in [6.45, 7) is 1.95. The molecule has 100 valence electrons. The normalized spacial score (nSPS) is 28.1. The molecule has 0 spiro atoms. The molecule has 18 heavy (non-hydrogen) atoms. The Morgan fingerprint density at radius 2 is 2.17 bits per heavy atom. The van der Waals surface area contributed by atoms with Crippen molar-refractivity contribution in [2.45, 2.75) is 63.7 Å². The van der Waals surface area contributed by atoms with Crippen LogP contribution in [0.4, 0.5) is 0 Å². The Balaban J connectivity index is 1.64. The monoisotopic (exact) mass is 249 g/mol. The van der Waals surface area contributed by atoms with Gasteiger partial charge in [0.05, 0.1) is 12.2 Å². The summed E-state index contributed by atoms with van der Waals surface area (Å²) in [7, 11) is 0. The number of hydrogen-bond donors (Lipinski definition) is 1. The van der Waals surface area contributed by atoms with Gasteiger partial charge in [0.1, 0.15) is 0 Å². The minimum Gasteiger partial charge on any atom is -0.388 e. The van der Waals surface area contributed by atoms with E-state index >= 15 is 0 Å². The highest BCUT2D eigenvalue weighted by Gasteiger charge is 2.19. The number of ether oxygens (including phenoxy) is 1. The van der Waals surface area contributed by atoms with Gasteiger partial charge in [0.2, 0.25) is 0 Å². The lowest BCUT2D eigenvalue weighted by molar-refractivity contribution is 0.100. The summed E-state index contributed by atoms with van der Waals surface area (Å²) < 4.78 is 7.91. The van der Waals surface area contributed by atoms with Crippen molar-refractivity contribution in [3.8, 4) is 0 Å². The van der Waals surface area contributed by atoms with Gasteiger partial charge in [-0.3, -0.25) is 0 Å². The topological polar surface area (TPSA) is 34.4 Å². The van der Waals surface area contributed by atoms with E-state index in [-0.39, 0.29) is 6.10 Å². The van der Waals surface area contributed by atoms with Crippen molar-refractivity contribution >= 4 is 0 Å². The van der Waals surface area contributed by atoms with Crippen molar-refractivity contribution < 1.29 is 9.84 Å². The third-order valence-corrected chi connectivity index (χ3v) is 4.26. The van der Waals surface area contributed by atoms with Crippen LogP contribution in [-0.2, 0) is 17.7 Å². The molecule has 0 radical (unpaired) electrons. The number of hydrogen-bond acceptors (Lipinski definition) is 2. The highest BCUT2D eigenvalue weighted by Crippen LogP contribution is 2.29. The zero-order valence-corrected chi connectivity index (χ0v) is 11.0. The van der Waals surface area contributed by atoms with Crippen molar-refractivity contribution in [2.24, 2.45) is 0 Å². The minimum absolute atomic E-state index is 0.244. The van der Waals surface area contributed by atoms with E-state index in [0.29, 0.717) is 6.10 Å². The summed E-state index contributed by atoms with van der Waals surface area (Å²) in [5, 5.41) is 10.1. The molecule has 2 aliphatic rings. The number of rotatable bonds is 3. The highest BCUT2D eigenvalue weighted by molar-refractivity contribution is 5.27. The molecule has 2 atom stereocenters. The number of aliphatic hydroxyl groups excluding tert-OH is 1. The number of nitrogens with zero attached hydrogens (tertiary/aromatic N) is 1. The standard InChI is InChI=1S/C15H23NO2/c17-15-6-2-1-4-12-10-16(11-14(12)15)8-7-13-5-3-9-18-13/h10-11,13,15,17H,1-9H2. The van der Waals surface area contributed by atoms with Crippen LogP contribution in [-0.4, -0.2) is 22.4 Å². The number of aromatic nitrogens is 1. The summed E-state index contributed by atoms with van der Waals surface area (Å²) >= 11 is 0. The van der Waals surface area contributed by atoms with Crippen molar-refractivity contribution in [3.05, 3.63) is 23.5 Å². The molecule has 1 saturated heterocycles. The van der Waals surface area contributed by atoms with E-state index in [1.54, 1.807) is 0 Å². The first kappa shape index (κ1) is 12.2. The van der Waals surface area contributed by atoms with E-state index in [9.17, 15) is 5.11 Å². The van der Waals surface area contributed by atoms with Gasteiger partial charge in [-0.2, -0.15) is 0 Å². The Kier molecular flexibility index (Phi) is 3.71. The van der Waals surface area contributed by atoms with Crippen LogP contribution in [0.5, 0.6) is 0 Å². The molecule has 1 aliphatic carbocycles. The molecule has 1 aliphatic heterocycles. The molecule has 3 nitrogen and oxygen atoms in total. The molecule has 3 rings (SSSR count). The van der Waals surface area contributed by atoms with Gasteiger partial charge in [-0.1, -0.05) is 6.42 Å². The first-order chi connectivity index (χ1) is 8.83. The van der Waals surface area contributed by atoms with Gasteiger partial charge in [-0.15, -0.1) is 0 Å². The molecule has 1 N–H and O–H groups in total. The largest absolute Gasteiger partial charge is 0.388 e. The summed E-state index contributed by atoms with van der Waals surface area (Å²) in [5.74, 6) is 0. The average molecular weight is 249 g/mol. The molecule has 0 bridgehead atoms. The maximum absolute atomic E-state index is 10.1. The van der Waals surface area contributed by atoms with Crippen LogP contribution >= 0.6 is 0 Å². The van der Waals surface area contributed by atoms with Gasteiger partial charge in [0.15, 0.2) is 0 Å². The van der Waals surface area contributed by atoms with Crippen LogP contribution in [0, 0.1) is 0 Å². The zero-order chi connectivity index (χ0) is 12.4. The molecule has 1 fully saturated rings. The third kappa shape index (κ3) is 2.62. The Bertz CT molecular complexity index is 393. The quantitative estimate of drug-likeness (QED) is 0.836. The van der Waals surface area contributed by atoms with E-state index in [0.717, 1.165) is 38.8 Å². The first-order valence-corrected chi connectivity index (χ1v) is 7.31. The van der Waals surface area contributed by atoms with Crippen LogP contribution in [0.3, 0.4) is 0 Å². The van der Waals surface area contributed by atoms with E-state index in [2.05, 4.69) is 17.0 Å². The van der Waals surface area contributed by atoms with Crippen molar-refractivity contribution in [2.75, 3.05) is 6.61 Å². The van der Waals surface area contributed by atoms with Crippen molar-refractivity contribution in [1.82, 2.24) is 4.57 Å². The predicted octanol–water partition coefficient (Wildman–Crippen LogP) is 2.82. The number of fused-ring (bicyclic) bond motifs is 1. The van der Waals surface area contributed by atoms with E-state index < -0.39 is 0 Å². The maximum atomic E-state index is 10.1. The second kappa shape index (κ2) is 5.45. The molecule has 2 unspecified atom stereocenters. The van der Waals surface area contributed by atoms with Crippen LogP contribution in [0.1, 0.15) is 55.8 Å². The molecule has 0 aromatic carbocycles. The van der Waals surface area contributed by atoms with E-state index in [4.69, 9.17) is 4.74 Å². The molecule has 1 aromatic heterocycles. The zero-order valence-electron chi connectivity index (χ0n) is 11.0. The smallest absolute Gasteiger partial charge is 0.0807 e. The number of aliphatic hydroxyl groups is 1. The minimum atomic E-state index is -0.244.